The molecule has 5 nitrogen and oxygen atoms in total. The number of carbonyl (C=O) groups excluding carboxylic acids is 1. The number of amides is 1. The number of hydrogen-bond donors (Lipinski definition) is 1. The minimum absolute atomic E-state index is 0.0549. The van der Waals surface area contributed by atoms with E-state index in [0.29, 0.717) is 23.6 Å². The predicted molar refractivity (Wildman–Crippen MR) is 132 cm³/mol. The Labute approximate surface area is 194 Å². The zero-order chi connectivity index (χ0) is 23.0. The first-order chi connectivity index (χ1) is 16.2. The van der Waals surface area contributed by atoms with Gasteiger partial charge in [-0.15, -0.1) is 0 Å². The molecule has 0 aliphatic carbocycles. The van der Waals surface area contributed by atoms with Gasteiger partial charge in [-0.05, 0) is 65.6 Å². The maximum Gasteiger partial charge on any atom is 0.251 e. The van der Waals surface area contributed by atoms with Crippen LogP contribution >= 0.6 is 0 Å². The molecule has 0 aliphatic heterocycles. The molecule has 1 heterocycles. The van der Waals surface area contributed by atoms with E-state index >= 15 is 0 Å². The zero-order valence-corrected chi connectivity index (χ0v) is 19.0. The quantitative estimate of drug-likeness (QED) is 0.341. The predicted octanol–water partition coefficient (Wildman–Crippen LogP) is 5.67. The first kappa shape index (κ1) is 22.3. The molecule has 1 aromatic heterocycles. The molecule has 0 spiro atoms. The molecule has 0 aliphatic rings. The fourth-order valence-electron chi connectivity index (χ4n) is 3.95. The Morgan fingerprint density at radius 3 is 2.39 bits per heavy atom. The summed E-state index contributed by atoms with van der Waals surface area (Å²) in [5.41, 5.74) is 3.92. The van der Waals surface area contributed by atoms with Crippen molar-refractivity contribution in [3.05, 3.63) is 90.3 Å². The molecular formula is C28H28N2O3. The van der Waals surface area contributed by atoms with Crippen LogP contribution < -0.4 is 14.8 Å². The second kappa shape index (κ2) is 10.6. The van der Waals surface area contributed by atoms with Gasteiger partial charge in [0.1, 0.15) is 0 Å². The molecule has 4 aromatic rings. The fourth-order valence-corrected chi connectivity index (χ4v) is 3.95. The van der Waals surface area contributed by atoms with Crippen LogP contribution in [-0.4, -0.2) is 31.7 Å². The van der Waals surface area contributed by atoms with Crippen LogP contribution in [0, 0.1) is 0 Å². The molecule has 0 saturated heterocycles. The normalized spacial score (nSPS) is 10.7. The van der Waals surface area contributed by atoms with Gasteiger partial charge in [0, 0.05) is 29.9 Å². The molecule has 168 valence electrons. The number of methoxy groups -OCH3 is 2. The van der Waals surface area contributed by atoms with Gasteiger partial charge in [0.05, 0.1) is 14.2 Å². The summed E-state index contributed by atoms with van der Waals surface area (Å²) in [6.45, 7) is 0.647. The average molecular weight is 441 g/mol. The van der Waals surface area contributed by atoms with Crippen LogP contribution in [-0.2, 0) is 6.42 Å². The average Bonchev–Trinajstić information content (AvgIpc) is 2.88. The van der Waals surface area contributed by atoms with E-state index in [2.05, 4.69) is 28.5 Å². The van der Waals surface area contributed by atoms with Gasteiger partial charge in [-0.1, -0.05) is 42.5 Å². The summed E-state index contributed by atoms with van der Waals surface area (Å²) >= 11 is 0. The number of fused-ring (bicyclic) bond motifs is 1. The van der Waals surface area contributed by atoms with Crippen molar-refractivity contribution in [1.29, 1.82) is 0 Å². The number of ether oxygens (including phenoxy) is 2. The lowest BCUT2D eigenvalue weighted by Crippen LogP contribution is -2.24. The first-order valence-corrected chi connectivity index (χ1v) is 11.1. The Balaban J connectivity index is 1.28. The highest BCUT2D eigenvalue weighted by Gasteiger charge is 2.09. The Morgan fingerprint density at radius 2 is 1.61 bits per heavy atom. The van der Waals surface area contributed by atoms with Crippen LogP contribution in [0.5, 0.6) is 11.5 Å². The van der Waals surface area contributed by atoms with Crippen molar-refractivity contribution in [3.63, 3.8) is 0 Å². The van der Waals surface area contributed by atoms with Gasteiger partial charge in [-0.25, -0.2) is 0 Å². The van der Waals surface area contributed by atoms with E-state index < -0.39 is 0 Å². The van der Waals surface area contributed by atoms with Gasteiger partial charge in [-0.3, -0.25) is 9.78 Å². The highest BCUT2D eigenvalue weighted by molar-refractivity contribution is 5.94. The van der Waals surface area contributed by atoms with Crippen LogP contribution in [0.3, 0.4) is 0 Å². The number of nitrogens with zero attached hydrogens (tertiary/aromatic N) is 1. The third kappa shape index (κ3) is 5.32. The number of aromatic nitrogens is 1. The maximum atomic E-state index is 12.5. The largest absolute Gasteiger partial charge is 0.493 e. The van der Waals surface area contributed by atoms with E-state index in [-0.39, 0.29) is 5.91 Å². The van der Waals surface area contributed by atoms with E-state index in [1.54, 1.807) is 14.2 Å². The molecule has 0 unspecified atom stereocenters. The molecule has 0 radical (unpaired) electrons. The van der Waals surface area contributed by atoms with Gasteiger partial charge in [0.15, 0.2) is 11.5 Å². The molecule has 3 aromatic carbocycles. The standard InChI is InChI=1S/C28H28N2O3/c1-32-26-15-14-22(17-27(26)33-2)20-10-12-21(13-11-20)28(31)30-16-6-5-8-24-19-29-18-23-7-3-4-9-25(23)24/h3-4,7,9-15,17-19H,5-6,8,16H2,1-2H3,(H,30,31). The summed E-state index contributed by atoms with van der Waals surface area (Å²) in [5.74, 6) is 1.31. The molecule has 5 heteroatoms. The maximum absolute atomic E-state index is 12.5. The SMILES string of the molecule is COc1ccc(-c2ccc(C(=O)NCCCCc3cncc4ccccc34)cc2)cc1OC. The fraction of sp³-hybridized carbons (Fsp3) is 0.214. The summed E-state index contributed by atoms with van der Waals surface area (Å²) in [6.07, 6.45) is 6.70. The summed E-state index contributed by atoms with van der Waals surface area (Å²) < 4.78 is 10.7. The summed E-state index contributed by atoms with van der Waals surface area (Å²) in [6, 6.07) is 21.7. The number of carbonyl (C=O) groups is 1. The smallest absolute Gasteiger partial charge is 0.251 e. The topological polar surface area (TPSA) is 60.5 Å². The Kier molecular flexibility index (Phi) is 7.20. The van der Waals surface area contributed by atoms with E-state index in [0.717, 1.165) is 30.4 Å². The molecule has 0 bridgehead atoms. The van der Waals surface area contributed by atoms with Crippen molar-refractivity contribution in [1.82, 2.24) is 10.3 Å². The van der Waals surface area contributed by atoms with Crippen LogP contribution in [0.25, 0.3) is 21.9 Å². The van der Waals surface area contributed by atoms with Crippen molar-refractivity contribution in [3.8, 4) is 22.6 Å². The number of unbranched alkanes of at least 4 members (excludes halogenated alkanes) is 1. The highest BCUT2D eigenvalue weighted by atomic mass is 16.5. The van der Waals surface area contributed by atoms with Crippen LogP contribution in [0.2, 0.25) is 0 Å². The molecule has 33 heavy (non-hydrogen) atoms. The number of nitrogens with one attached hydrogen (secondary N) is 1. The van der Waals surface area contributed by atoms with Crippen molar-refractivity contribution >= 4 is 16.7 Å². The second-order valence-corrected chi connectivity index (χ2v) is 7.88. The van der Waals surface area contributed by atoms with E-state index in [1.807, 2.05) is 60.9 Å². The summed E-state index contributed by atoms with van der Waals surface area (Å²) in [5, 5.41) is 5.45. The van der Waals surface area contributed by atoms with Crippen molar-refractivity contribution < 1.29 is 14.3 Å². The van der Waals surface area contributed by atoms with Crippen molar-refractivity contribution in [2.24, 2.45) is 0 Å². The van der Waals surface area contributed by atoms with Crippen LogP contribution in [0.4, 0.5) is 0 Å². The van der Waals surface area contributed by atoms with E-state index in [4.69, 9.17) is 9.47 Å². The minimum atomic E-state index is -0.0549. The molecular weight excluding hydrogens is 412 g/mol. The lowest BCUT2D eigenvalue weighted by Gasteiger charge is -2.10. The Morgan fingerprint density at radius 1 is 0.848 bits per heavy atom. The number of aryl methyl sites for hydroxylation is 1. The Hall–Kier alpha value is -3.86. The minimum Gasteiger partial charge on any atom is -0.493 e. The Bertz CT molecular complexity index is 1230. The van der Waals surface area contributed by atoms with E-state index in [1.165, 1.54) is 16.3 Å². The lowest BCUT2D eigenvalue weighted by atomic mass is 10.0. The first-order valence-electron chi connectivity index (χ1n) is 11.1. The summed E-state index contributed by atoms with van der Waals surface area (Å²) in [4.78, 5) is 16.9. The lowest BCUT2D eigenvalue weighted by molar-refractivity contribution is 0.0953. The van der Waals surface area contributed by atoms with Crippen molar-refractivity contribution in [2.75, 3.05) is 20.8 Å². The molecule has 1 amide bonds. The van der Waals surface area contributed by atoms with Crippen LogP contribution in [0.1, 0.15) is 28.8 Å². The molecule has 0 saturated carbocycles. The number of hydrogen-bond acceptors (Lipinski definition) is 4. The highest BCUT2D eigenvalue weighted by Crippen LogP contribution is 2.32. The van der Waals surface area contributed by atoms with Gasteiger partial charge in [-0.2, -0.15) is 0 Å². The molecule has 0 fully saturated rings. The molecule has 1 N–H and O–H groups in total. The third-order valence-electron chi connectivity index (χ3n) is 5.77. The number of pyridine rings is 1. The van der Waals surface area contributed by atoms with Gasteiger partial charge in [0.25, 0.3) is 5.91 Å². The van der Waals surface area contributed by atoms with Crippen molar-refractivity contribution in [2.45, 2.75) is 19.3 Å². The summed E-state index contributed by atoms with van der Waals surface area (Å²) in [7, 11) is 3.24. The number of benzene rings is 3. The third-order valence-corrected chi connectivity index (χ3v) is 5.77. The number of rotatable bonds is 9. The van der Waals surface area contributed by atoms with Gasteiger partial charge < -0.3 is 14.8 Å². The monoisotopic (exact) mass is 440 g/mol. The van der Waals surface area contributed by atoms with Crippen LogP contribution in [0.15, 0.2) is 79.1 Å². The zero-order valence-electron chi connectivity index (χ0n) is 19.0. The van der Waals surface area contributed by atoms with Gasteiger partial charge in [0.2, 0.25) is 0 Å². The van der Waals surface area contributed by atoms with Gasteiger partial charge >= 0.3 is 0 Å². The second-order valence-electron chi connectivity index (χ2n) is 7.88. The van der Waals surface area contributed by atoms with E-state index in [9.17, 15) is 4.79 Å². The molecule has 4 rings (SSSR count). The molecule has 0 atom stereocenters.